The lowest BCUT2D eigenvalue weighted by atomic mass is 9.90. The molecule has 214 valence electrons. The molecule has 0 radical (unpaired) electrons. The third-order valence-corrected chi connectivity index (χ3v) is 7.95. The monoisotopic (exact) mass is 579 g/mol. The van der Waals surface area contributed by atoms with Gasteiger partial charge in [-0.3, -0.25) is 19.4 Å². The zero-order valence-corrected chi connectivity index (χ0v) is 23.8. The van der Waals surface area contributed by atoms with Gasteiger partial charge in [0.1, 0.15) is 17.7 Å². The number of ether oxygens (including phenoxy) is 1. The van der Waals surface area contributed by atoms with Crippen molar-refractivity contribution in [3.63, 3.8) is 0 Å². The number of fused-ring (bicyclic) bond motifs is 1. The summed E-state index contributed by atoms with van der Waals surface area (Å²) < 4.78 is 21.1. The quantitative estimate of drug-likeness (QED) is 0.385. The average Bonchev–Trinajstić information content (AvgIpc) is 3.12. The third kappa shape index (κ3) is 5.51. The van der Waals surface area contributed by atoms with E-state index in [1.54, 1.807) is 59.3 Å². The van der Waals surface area contributed by atoms with Crippen LogP contribution < -0.4 is 9.64 Å². The van der Waals surface area contributed by atoms with E-state index in [0.29, 0.717) is 59.2 Å². The standard InChI is InChI=1S/C31H31ClFN3O5/c1-18(14-27(37)38)41-26-7-5-4-6-22(26)19-8-9-23(24(33)15-19)29(39)35-12-10-21(11-13-35)36-25-16-20(32)17-34-28(25)31(2,3)30(36)40/h4-9,15-18,21H,10-14H2,1-3H3,(H,37,38)/t18-/m1/s1. The molecule has 0 spiro atoms. The highest BCUT2D eigenvalue weighted by Crippen LogP contribution is 2.43. The van der Waals surface area contributed by atoms with Gasteiger partial charge in [-0.2, -0.15) is 0 Å². The van der Waals surface area contributed by atoms with E-state index < -0.39 is 29.2 Å². The number of carboxylic acids is 1. The maximum atomic E-state index is 15.3. The molecule has 0 aliphatic carbocycles. The normalized spacial score (nSPS) is 17.3. The van der Waals surface area contributed by atoms with Crippen LogP contribution in [0.25, 0.3) is 11.1 Å². The van der Waals surface area contributed by atoms with Crippen molar-refractivity contribution < 1.29 is 28.6 Å². The van der Waals surface area contributed by atoms with E-state index >= 15 is 4.39 Å². The summed E-state index contributed by atoms with van der Waals surface area (Å²) in [6.45, 7) is 6.09. The molecule has 1 aromatic heterocycles. The van der Waals surface area contributed by atoms with Crippen molar-refractivity contribution in [1.82, 2.24) is 9.88 Å². The number of piperidine rings is 1. The number of rotatable bonds is 7. The van der Waals surface area contributed by atoms with E-state index in [-0.39, 0.29) is 23.9 Å². The Morgan fingerprint density at radius 3 is 2.56 bits per heavy atom. The number of hydrogen-bond donors (Lipinski definition) is 1. The fraction of sp³-hybridized carbons (Fsp3) is 0.355. The fourth-order valence-electron chi connectivity index (χ4n) is 5.63. The van der Waals surface area contributed by atoms with Crippen LogP contribution in [-0.2, 0) is 15.0 Å². The summed E-state index contributed by atoms with van der Waals surface area (Å²) in [5.41, 5.74) is 1.70. The molecule has 1 saturated heterocycles. The number of likely N-dealkylation sites (tertiary alicyclic amines) is 1. The van der Waals surface area contributed by atoms with Gasteiger partial charge in [-0.15, -0.1) is 0 Å². The molecule has 1 N–H and O–H groups in total. The predicted octanol–water partition coefficient (Wildman–Crippen LogP) is 5.71. The first kappa shape index (κ1) is 28.5. The minimum atomic E-state index is -0.977. The Labute approximate surface area is 242 Å². The van der Waals surface area contributed by atoms with Crippen molar-refractivity contribution in [1.29, 1.82) is 0 Å². The predicted molar refractivity (Wildman–Crippen MR) is 153 cm³/mol. The summed E-state index contributed by atoms with van der Waals surface area (Å²) in [7, 11) is 0. The Morgan fingerprint density at radius 2 is 1.88 bits per heavy atom. The van der Waals surface area contributed by atoms with Gasteiger partial charge in [-0.25, -0.2) is 4.39 Å². The second kappa shape index (κ2) is 11.1. The zero-order chi connectivity index (χ0) is 29.5. The number of aromatic nitrogens is 1. The Hall–Kier alpha value is -3.98. The zero-order valence-electron chi connectivity index (χ0n) is 23.1. The fourth-order valence-corrected chi connectivity index (χ4v) is 5.79. The van der Waals surface area contributed by atoms with Gasteiger partial charge >= 0.3 is 5.97 Å². The number of benzene rings is 2. The Balaban J connectivity index is 1.29. The summed E-state index contributed by atoms with van der Waals surface area (Å²) in [6, 6.07) is 13.0. The van der Waals surface area contributed by atoms with Crippen LogP contribution in [0.5, 0.6) is 5.75 Å². The summed E-state index contributed by atoms with van der Waals surface area (Å²) in [5.74, 6) is -1.66. The van der Waals surface area contributed by atoms with Crippen LogP contribution in [0.2, 0.25) is 5.02 Å². The number of para-hydroxylation sites is 1. The van der Waals surface area contributed by atoms with Crippen LogP contribution in [0.1, 0.15) is 56.1 Å². The van der Waals surface area contributed by atoms with Crippen LogP contribution >= 0.6 is 11.6 Å². The van der Waals surface area contributed by atoms with Gasteiger partial charge in [0.2, 0.25) is 5.91 Å². The highest BCUT2D eigenvalue weighted by Gasteiger charge is 2.48. The lowest BCUT2D eigenvalue weighted by molar-refractivity contribution is -0.138. The number of carbonyl (C=O) groups excluding carboxylic acids is 2. The number of halogens is 2. The van der Waals surface area contributed by atoms with Gasteiger partial charge in [0.25, 0.3) is 5.91 Å². The first-order chi connectivity index (χ1) is 19.5. The van der Waals surface area contributed by atoms with E-state index in [0.717, 1.165) is 0 Å². The van der Waals surface area contributed by atoms with Crippen molar-refractivity contribution in [2.45, 2.75) is 57.6 Å². The van der Waals surface area contributed by atoms with E-state index in [1.807, 2.05) is 13.8 Å². The summed E-state index contributed by atoms with van der Waals surface area (Å²) in [4.78, 5) is 45.5. The third-order valence-electron chi connectivity index (χ3n) is 7.74. The van der Waals surface area contributed by atoms with Crippen molar-refractivity contribution in [3.05, 3.63) is 76.8 Å². The van der Waals surface area contributed by atoms with Gasteiger partial charge in [0.15, 0.2) is 0 Å². The number of anilines is 1. The minimum Gasteiger partial charge on any atom is -0.489 e. The van der Waals surface area contributed by atoms with E-state index in [4.69, 9.17) is 21.4 Å². The van der Waals surface area contributed by atoms with Crippen molar-refractivity contribution in [2.75, 3.05) is 18.0 Å². The van der Waals surface area contributed by atoms with Gasteiger partial charge in [-0.05, 0) is 63.4 Å². The molecule has 1 fully saturated rings. The number of nitrogens with zero attached hydrogens (tertiary/aromatic N) is 3. The van der Waals surface area contributed by atoms with Crippen LogP contribution in [-0.4, -0.2) is 58.0 Å². The average molecular weight is 580 g/mol. The van der Waals surface area contributed by atoms with E-state index in [9.17, 15) is 14.4 Å². The smallest absolute Gasteiger partial charge is 0.307 e. The lowest BCUT2D eigenvalue weighted by Gasteiger charge is -2.37. The topological polar surface area (TPSA) is 100 Å². The second-order valence-corrected chi connectivity index (χ2v) is 11.5. The Kier molecular flexibility index (Phi) is 7.74. The molecule has 2 aliphatic rings. The van der Waals surface area contributed by atoms with Gasteiger partial charge in [0.05, 0.1) is 33.8 Å². The van der Waals surface area contributed by atoms with Gasteiger partial charge in [-0.1, -0.05) is 35.9 Å². The molecule has 8 nitrogen and oxygen atoms in total. The largest absolute Gasteiger partial charge is 0.489 e. The number of pyridine rings is 1. The highest BCUT2D eigenvalue weighted by molar-refractivity contribution is 6.31. The Morgan fingerprint density at radius 1 is 1.17 bits per heavy atom. The number of hydrogen-bond acceptors (Lipinski definition) is 5. The molecule has 2 amide bonds. The molecular weight excluding hydrogens is 549 g/mol. The first-order valence-corrected chi connectivity index (χ1v) is 13.9. The molecule has 0 bridgehead atoms. The maximum Gasteiger partial charge on any atom is 0.307 e. The lowest BCUT2D eigenvalue weighted by Crippen LogP contribution is -2.50. The van der Waals surface area contributed by atoms with Gasteiger partial charge < -0.3 is 19.6 Å². The number of carbonyl (C=O) groups is 3. The summed E-state index contributed by atoms with van der Waals surface area (Å²) >= 11 is 6.20. The first-order valence-electron chi connectivity index (χ1n) is 13.5. The molecule has 5 rings (SSSR count). The van der Waals surface area contributed by atoms with E-state index in [2.05, 4.69) is 4.98 Å². The van der Waals surface area contributed by atoms with Crippen LogP contribution in [0, 0.1) is 5.82 Å². The van der Waals surface area contributed by atoms with Gasteiger partial charge in [0, 0.05) is 30.9 Å². The molecule has 41 heavy (non-hydrogen) atoms. The Bertz CT molecular complexity index is 1520. The molecule has 3 heterocycles. The van der Waals surface area contributed by atoms with E-state index in [1.165, 1.54) is 12.1 Å². The minimum absolute atomic E-state index is 0.0374. The molecule has 10 heteroatoms. The maximum absolute atomic E-state index is 15.3. The van der Waals surface area contributed by atoms with Crippen LogP contribution in [0.3, 0.4) is 0 Å². The molecule has 2 aliphatic heterocycles. The van der Waals surface area contributed by atoms with Crippen molar-refractivity contribution >= 4 is 35.1 Å². The van der Waals surface area contributed by atoms with Crippen LogP contribution in [0.15, 0.2) is 54.7 Å². The molecule has 0 unspecified atom stereocenters. The molecule has 3 aromatic rings. The number of amides is 2. The number of aliphatic carboxylic acids is 1. The number of carboxylic acid groups (broad SMARTS) is 1. The SMILES string of the molecule is C[C@H](CC(=O)O)Oc1ccccc1-c1ccc(C(=O)N2CCC(N3C(=O)C(C)(C)c4ncc(Cl)cc43)CC2)c(F)c1. The highest BCUT2D eigenvalue weighted by atomic mass is 35.5. The molecule has 1 atom stereocenters. The van der Waals surface area contributed by atoms with Crippen LogP contribution in [0.4, 0.5) is 10.1 Å². The molecule has 0 saturated carbocycles. The van der Waals surface area contributed by atoms with Crippen molar-refractivity contribution in [3.8, 4) is 16.9 Å². The summed E-state index contributed by atoms with van der Waals surface area (Å²) in [6.07, 6.45) is 1.88. The molecular formula is C31H31ClFN3O5. The molecule has 2 aromatic carbocycles. The van der Waals surface area contributed by atoms with Crippen molar-refractivity contribution in [2.24, 2.45) is 0 Å². The summed E-state index contributed by atoms with van der Waals surface area (Å²) in [5, 5.41) is 9.49. The second-order valence-electron chi connectivity index (χ2n) is 11.1.